The van der Waals surface area contributed by atoms with E-state index < -0.39 is 15.9 Å². The predicted molar refractivity (Wildman–Crippen MR) is 111 cm³/mol. The molecule has 0 unspecified atom stereocenters. The third-order valence-electron chi connectivity index (χ3n) is 4.42. The van der Waals surface area contributed by atoms with Gasteiger partial charge in [0.05, 0.1) is 33.0 Å². The molecule has 8 nitrogen and oxygen atoms in total. The summed E-state index contributed by atoms with van der Waals surface area (Å²) < 4.78 is 44.3. The first-order valence-corrected chi connectivity index (χ1v) is 11.0. The Morgan fingerprint density at radius 3 is 2.28 bits per heavy atom. The second-order valence-corrected chi connectivity index (χ2v) is 9.00. The van der Waals surface area contributed by atoms with Gasteiger partial charge in [0.25, 0.3) is 5.91 Å². The lowest BCUT2D eigenvalue weighted by Gasteiger charge is -2.27. The van der Waals surface area contributed by atoms with Crippen LogP contribution in [0.1, 0.15) is 10.4 Å². The Morgan fingerprint density at radius 2 is 1.69 bits per heavy atom. The second-order valence-electron chi connectivity index (χ2n) is 6.18. The van der Waals surface area contributed by atoms with E-state index in [-0.39, 0.29) is 35.0 Å². The Kier molecular flexibility index (Phi) is 6.78. The van der Waals surface area contributed by atoms with E-state index >= 15 is 0 Å². The second kappa shape index (κ2) is 9.12. The van der Waals surface area contributed by atoms with Crippen molar-refractivity contribution in [3.63, 3.8) is 0 Å². The molecule has 156 valence electrons. The smallest absolute Gasteiger partial charge is 0.259 e. The van der Waals surface area contributed by atoms with Crippen molar-refractivity contribution < 1.29 is 27.4 Å². The first-order valence-electron chi connectivity index (χ1n) is 8.77. The molecule has 1 saturated heterocycles. The highest BCUT2D eigenvalue weighted by molar-refractivity contribution is 9.10. The molecule has 0 aliphatic carbocycles. The number of anilines is 1. The summed E-state index contributed by atoms with van der Waals surface area (Å²) in [6.07, 6.45) is 0. The molecule has 1 aliphatic rings. The fourth-order valence-electron chi connectivity index (χ4n) is 2.91. The van der Waals surface area contributed by atoms with Gasteiger partial charge in [-0.15, -0.1) is 0 Å². The van der Waals surface area contributed by atoms with Gasteiger partial charge in [0.15, 0.2) is 0 Å². The number of nitrogens with zero attached hydrogens (tertiary/aromatic N) is 1. The normalized spacial score (nSPS) is 15.0. The molecule has 1 amide bonds. The van der Waals surface area contributed by atoms with Crippen LogP contribution in [0.5, 0.6) is 11.5 Å². The molecule has 1 heterocycles. The average Bonchev–Trinajstić information content (AvgIpc) is 2.74. The fraction of sp³-hybridized carbons (Fsp3) is 0.316. The van der Waals surface area contributed by atoms with Crippen LogP contribution in [0.4, 0.5) is 5.69 Å². The number of sulfonamides is 1. The number of morpholine rings is 1. The van der Waals surface area contributed by atoms with Crippen LogP contribution in [-0.2, 0) is 14.8 Å². The standard InChI is InChI=1S/C19H21BrN2O6S/c1-26-16-12-17(27-2)18(29(24,25)22-7-9-28-10-8-22)11-15(16)19(23)21-14-5-3-13(20)4-6-14/h3-6,11-12H,7-10H2,1-2H3,(H,21,23). The molecule has 0 atom stereocenters. The Balaban J connectivity index is 2.01. The van der Waals surface area contributed by atoms with Crippen LogP contribution >= 0.6 is 15.9 Å². The van der Waals surface area contributed by atoms with Crippen molar-refractivity contribution in [2.45, 2.75) is 4.90 Å². The predicted octanol–water partition coefficient (Wildman–Crippen LogP) is 2.74. The Hall–Kier alpha value is -2.14. The Bertz CT molecular complexity index is 989. The molecular weight excluding hydrogens is 464 g/mol. The zero-order chi connectivity index (χ0) is 21.0. The molecule has 0 radical (unpaired) electrons. The average molecular weight is 485 g/mol. The zero-order valence-electron chi connectivity index (χ0n) is 16.0. The maximum Gasteiger partial charge on any atom is 0.259 e. The molecule has 0 spiro atoms. The quantitative estimate of drug-likeness (QED) is 0.677. The van der Waals surface area contributed by atoms with Crippen molar-refractivity contribution in [1.82, 2.24) is 4.31 Å². The van der Waals surface area contributed by atoms with E-state index in [2.05, 4.69) is 21.2 Å². The lowest BCUT2D eigenvalue weighted by atomic mass is 10.1. The highest BCUT2D eigenvalue weighted by Crippen LogP contribution is 2.34. The molecule has 0 aromatic heterocycles. The van der Waals surface area contributed by atoms with Gasteiger partial charge in [0.2, 0.25) is 10.0 Å². The molecule has 0 saturated carbocycles. The number of halogens is 1. The first kappa shape index (κ1) is 21.6. The number of hydrogen-bond acceptors (Lipinski definition) is 6. The molecule has 1 N–H and O–H groups in total. The van der Waals surface area contributed by atoms with Gasteiger partial charge in [-0.2, -0.15) is 4.31 Å². The third-order valence-corrected chi connectivity index (χ3v) is 6.87. The molecule has 0 bridgehead atoms. The van der Waals surface area contributed by atoms with E-state index in [1.807, 2.05) is 0 Å². The van der Waals surface area contributed by atoms with Gasteiger partial charge in [-0.3, -0.25) is 4.79 Å². The number of benzene rings is 2. The number of ether oxygens (including phenoxy) is 3. The van der Waals surface area contributed by atoms with Crippen LogP contribution in [0.3, 0.4) is 0 Å². The van der Waals surface area contributed by atoms with E-state index in [9.17, 15) is 13.2 Å². The van der Waals surface area contributed by atoms with Crippen LogP contribution in [0.25, 0.3) is 0 Å². The summed E-state index contributed by atoms with van der Waals surface area (Å²) in [5.74, 6) is -0.184. The molecular formula is C19H21BrN2O6S. The number of carbonyl (C=O) groups excluding carboxylic acids is 1. The molecule has 29 heavy (non-hydrogen) atoms. The minimum absolute atomic E-state index is 0.0862. The highest BCUT2D eigenvalue weighted by atomic mass is 79.9. The van der Waals surface area contributed by atoms with Crippen LogP contribution in [0.15, 0.2) is 45.8 Å². The van der Waals surface area contributed by atoms with E-state index in [1.165, 1.54) is 30.7 Å². The van der Waals surface area contributed by atoms with E-state index in [0.717, 1.165) is 4.47 Å². The van der Waals surface area contributed by atoms with Gasteiger partial charge < -0.3 is 19.5 Å². The number of carbonyl (C=O) groups is 1. The number of nitrogens with one attached hydrogen (secondary N) is 1. The minimum Gasteiger partial charge on any atom is -0.496 e. The van der Waals surface area contributed by atoms with Crippen LogP contribution in [-0.4, -0.2) is 59.2 Å². The molecule has 10 heteroatoms. The third kappa shape index (κ3) is 4.72. The summed E-state index contributed by atoms with van der Waals surface area (Å²) >= 11 is 3.34. The van der Waals surface area contributed by atoms with Crippen LogP contribution in [0, 0.1) is 0 Å². The lowest BCUT2D eigenvalue weighted by Crippen LogP contribution is -2.40. The van der Waals surface area contributed by atoms with Crippen molar-refractivity contribution in [3.05, 3.63) is 46.4 Å². The highest BCUT2D eigenvalue weighted by Gasteiger charge is 2.31. The summed E-state index contributed by atoms with van der Waals surface area (Å²) in [6.45, 7) is 1.10. The van der Waals surface area contributed by atoms with Crippen LogP contribution in [0.2, 0.25) is 0 Å². The summed E-state index contributed by atoms with van der Waals surface area (Å²) in [5, 5.41) is 2.75. The zero-order valence-corrected chi connectivity index (χ0v) is 18.4. The number of hydrogen-bond donors (Lipinski definition) is 1. The molecule has 2 aromatic carbocycles. The number of rotatable bonds is 6. The fourth-order valence-corrected chi connectivity index (χ4v) is 4.74. The van der Waals surface area contributed by atoms with Gasteiger partial charge in [-0.25, -0.2) is 8.42 Å². The first-order chi connectivity index (χ1) is 13.9. The van der Waals surface area contributed by atoms with Gasteiger partial charge in [-0.05, 0) is 30.3 Å². The molecule has 1 aliphatic heterocycles. The van der Waals surface area contributed by atoms with Gasteiger partial charge in [0, 0.05) is 29.3 Å². The number of methoxy groups -OCH3 is 2. The maximum atomic E-state index is 13.1. The topological polar surface area (TPSA) is 94.2 Å². The molecule has 3 rings (SSSR count). The van der Waals surface area contributed by atoms with Crippen molar-refractivity contribution in [3.8, 4) is 11.5 Å². The molecule has 2 aromatic rings. The monoisotopic (exact) mass is 484 g/mol. The largest absolute Gasteiger partial charge is 0.496 e. The van der Waals surface area contributed by atoms with Crippen molar-refractivity contribution in [2.24, 2.45) is 0 Å². The van der Waals surface area contributed by atoms with Crippen LogP contribution < -0.4 is 14.8 Å². The summed E-state index contributed by atoms with van der Waals surface area (Å²) in [4.78, 5) is 12.8. The SMILES string of the molecule is COc1cc(OC)c(S(=O)(=O)N2CCOCC2)cc1C(=O)Nc1ccc(Br)cc1. The van der Waals surface area contributed by atoms with Crippen molar-refractivity contribution in [1.29, 1.82) is 0 Å². The summed E-state index contributed by atoms with van der Waals surface area (Å²) in [7, 11) is -1.10. The molecule has 1 fully saturated rings. The van der Waals surface area contributed by atoms with Gasteiger partial charge in [0.1, 0.15) is 16.4 Å². The Morgan fingerprint density at radius 1 is 1.07 bits per heavy atom. The summed E-state index contributed by atoms with van der Waals surface area (Å²) in [6, 6.07) is 9.72. The van der Waals surface area contributed by atoms with E-state index in [0.29, 0.717) is 18.9 Å². The van der Waals surface area contributed by atoms with E-state index in [4.69, 9.17) is 14.2 Å². The lowest BCUT2D eigenvalue weighted by molar-refractivity contribution is 0.0729. The van der Waals surface area contributed by atoms with E-state index in [1.54, 1.807) is 24.3 Å². The van der Waals surface area contributed by atoms with Gasteiger partial charge in [-0.1, -0.05) is 15.9 Å². The van der Waals surface area contributed by atoms with Crippen molar-refractivity contribution >= 4 is 37.5 Å². The minimum atomic E-state index is -3.88. The maximum absolute atomic E-state index is 13.1. The van der Waals surface area contributed by atoms with Crippen molar-refractivity contribution in [2.75, 3.05) is 45.8 Å². The van der Waals surface area contributed by atoms with Gasteiger partial charge >= 0.3 is 0 Å². The number of amides is 1. The Labute approximate surface area is 177 Å². The summed E-state index contributed by atoms with van der Waals surface area (Å²) in [5.41, 5.74) is 0.650.